The van der Waals surface area contributed by atoms with Crippen molar-refractivity contribution >= 4 is 17.8 Å². The Hall–Kier alpha value is -1.85. The number of ketones is 1. The number of hydrogen-bond donors (Lipinski definition) is 2. The number of nitrogens with zero attached hydrogens (tertiary/aromatic N) is 1. The summed E-state index contributed by atoms with van der Waals surface area (Å²) >= 11 is 0. The van der Waals surface area contributed by atoms with Crippen molar-refractivity contribution in [1.82, 2.24) is 4.90 Å². The number of fused-ring (bicyclic) bond motifs is 1. The van der Waals surface area contributed by atoms with Gasteiger partial charge in [0.1, 0.15) is 5.78 Å². The van der Waals surface area contributed by atoms with Gasteiger partial charge in [-0.15, -0.1) is 0 Å². The molecule has 6 nitrogen and oxygen atoms in total. The summed E-state index contributed by atoms with van der Waals surface area (Å²) in [4.78, 5) is 34.0. The van der Waals surface area contributed by atoms with E-state index in [0.29, 0.717) is 6.42 Å². The molecule has 0 saturated heterocycles. The lowest BCUT2D eigenvalue weighted by Crippen LogP contribution is -2.34. The predicted molar refractivity (Wildman–Crippen MR) is 47.1 cm³/mol. The van der Waals surface area contributed by atoms with Crippen molar-refractivity contribution in [3.8, 4) is 0 Å². The molecule has 0 bridgehead atoms. The fourth-order valence-corrected chi connectivity index (χ4v) is 2.22. The fourth-order valence-electron chi connectivity index (χ4n) is 2.22. The molecule has 15 heavy (non-hydrogen) atoms. The van der Waals surface area contributed by atoms with Crippen molar-refractivity contribution in [2.45, 2.75) is 18.9 Å². The lowest BCUT2D eigenvalue weighted by Gasteiger charge is -2.18. The lowest BCUT2D eigenvalue weighted by atomic mass is 9.97. The number of rotatable bonds is 1. The quantitative estimate of drug-likeness (QED) is 0.650. The standard InChI is InChI=1S/C9H9NO5/c11-6-2-1-5-7(6)4(8(12)13)3-10(5)9(14)15/h3,5,7H,1-2H2,(H,12,13)(H,14,15). The summed E-state index contributed by atoms with van der Waals surface area (Å²) in [5.74, 6) is -2.17. The molecule has 2 N–H and O–H groups in total. The molecular formula is C9H9NO5. The minimum atomic E-state index is -1.22. The molecule has 0 radical (unpaired) electrons. The Morgan fingerprint density at radius 2 is 2.07 bits per heavy atom. The molecule has 1 aliphatic heterocycles. The van der Waals surface area contributed by atoms with Crippen molar-refractivity contribution in [3.05, 3.63) is 11.8 Å². The van der Waals surface area contributed by atoms with E-state index in [1.807, 2.05) is 0 Å². The molecule has 2 aliphatic rings. The Morgan fingerprint density at radius 1 is 1.40 bits per heavy atom. The van der Waals surface area contributed by atoms with Gasteiger partial charge in [-0.3, -0.25) is 9.69 Å². The van der Waals surface area contributed by atoms with Crippen LogP contribution in [-0.2, 0) is 9.59 Å². The Bertz CT molecular complexity index is 386. The second-order valence-corrected chi connectivity index (χ2v) is 3.63. The predicted octanol–water partition coefficient (Wildman–Crippen LogP) is 0.296. The molecule has 2 atom stereocenters. The van der Waals surface area contributed by atoms with Crippen LogP contribution in [0, 0.1) is 5.92 Å². The SMILES string of the molecule is O=C(O)C1=CN(C(=O)O)C2CCC(=O)C12. The highest BCUT2D eigenvalue weighted by Crippen LogP contribution is 2.38. The molecular weight excluding hydrogens is 202 g/mol. The van der Waals surface area contributed by atoms with Gasteiger partial charge in [0.15, 0.2) is 0 Å². The van der Waals surface area contributed by atoms with Gasteiger partial charge in [-0.2, -0.15) is 0 Å². The zero-order valence-corrected chi connectivity index (χ0v) is 7.71. The van der Waals surface area contributed by atoms with E-state index < -0.39 is 24.0 Å². The van der Waals surface area contributed by atoms with Gasteiger partial charge in [-0.25, -0.2) is 9.59 Å². The molecule has 6 heteroatoms. The van der Waals surface area contributed by atoms with Crippen LogP contribution < -0.4 is 0 Å². The minimum Gasteiger partial charge on any atom is -0.478 e. The zero-order chi connectivity index (χ0) is 11.2. The lowest BCUT2D eigenvalue weighted by molar-refractivity contribution is -0.134. The van der Waals surface area contributed by atoms with Gasteiger partial charge in [0.05, 0.1) is 17.5 Å². The summed E-state index contributed by atoms with van der Waals surface area (Å²) in [5, 5.41) is 17.7. The van der Waals surface area contributed by atoms with Crippen molar-refractivity contribution < 1.29 is 24.6 Å². The molecule has 1 heterocycles. The first-order chi connectivity index (χ1) is 7.02. The molecule has 0 spiro atoms. The van der Waals surface area contributed by atoms with Crippen molar-refractivity contribution in [2.75, 3.05) is 0 Å². The first-order valence-electron chi connectivity index (χ1n) is 4.51. The van der Waals surface area contributed by atoms with E-state index in [4.69, 9.17) is 10.2 Å². The third-order valence-electron chi connectivity index (χ3n) is 2.86. The van der Waals surface area contributed by atoms with E-state index in [2.05, 4.69) is 0 Å². The number of hydrogen-bond acceptors (Lipinski definition) is 3. The number of carbonyl (C=O) groups is 3. The molecule has 2 rings (SSSR count). The third kappa shape index (κ3) is 1.29. The maximum Gasteiger partial charge on any atom is 0.411 e. The number of carboxylic acid groups (broad SMARTS) is 2. The van der Waals surface area contributed by atoms with Crippen LogP contribution in [0.4, 0.5) is 4.79 Å². The monoisotopic (exact) mass is 211 g/mol. The second-order valence-electron chi connectivity index (χ2n) is 3.63. The number of amides is 1. The minimum absolute atomic E-state index is 0.107. The molecule has 1 fully saturated rings. The van der Waals surface area contributed by atoms with Crippen LogP contribution >= 0.6 is 0 Å². The number of Topliss-reactive ketones (excluding diaryl/α,β-unsaturated/α-hetero) is 1. The Morgan fingerprint density at radius 3 is 2.60 bits per heavy atom. The van der Waals surface area contributed by atoms with Crippen molar-refractivity contribution in [2.24, 2.45) is 5.92 Å². The first-order valence-corrected chi connectivity index (χ1v) is 4.51. The van der Waals surface area contributed by atoms with Crippen molar-refractivity contribution in [3.63, 3.8) is 0 Å². The van der Waals surface area contributed by atoms with Crippen LogP contribution in [0.25, 0.3) is 0 Å². The highest BCUT2D eigenvalue weighted by molar-refractivity contribution is 6.00. The molecule has 0 aromatic heterocycles. The fraction of sp³-hybridized carbons (Fsp3) is 0.444. The van der Waals surface area contributed by atoms with Gasteiger partial charge < -0.3 is 10.2 Å². The van der Waals surface area contributed by atoms with Crippen molar-refractivity contribution in [1.29, 1.82) is 0 Å². The van der Waals surface area contributed by atoms with E-state index in [-0.39, 0.29) is 17.8 Å². The molecule has 1 amide bonds. The van der Waals surface area contributed by atoms with Gasteiger partial charge in [0.25, 0.3) is 0 Å². The first kappa shape index (κ1) is 9.70. The Balaban J connectivity index is 2.38. The van der Waals surface area contributed by atoms with Gasteiger partial charge in [-0.05, 0) is 6.42 Å². The number of aliphatic carboxylic acids is 1. The van der Waals surface area contributed by atoms with Crippen LogP contribution in [0.2, 0.25) is 0 Å². The summed E-state index contributed by atoms with van der Waals surface area (Å²) in [6.45, 7) is 0. The molecule has 80 valence electrons. The van der Waals surface area contributed by atoms with E-state index in [1.165, 1.54) is 0 Å². The smallest absolute Gasteiger partial charge is 0.411 e. The van der Waals surface area contributed by atoms with Gasteiger partial charge in [0.2, 0.25) is 0 Å². The van der Waals surface area contributed by atoms with Gasteiger partial charge in [-0.1, -0.05) is 0 Å². The zero-order valence-electron chi connectivity index (χ0n) is 7.71. The summed E-state index contributed by atoms with van der Waals surface area (Å²) in [6.07, 6.45) is 0.500. The average molecular weight is 211 g/mol. The number of carboxylic acids is 1. The van der Waals surface area contributed by atoms with E-state index >= 15 is 0 Å². The van der Waals surface area contributed by atoms with Crippen LogP contribution in [0.5, 0.6) is 0 Å². The molecule has 1 saturated carbocycles. The normalized spacial score (nSPS) is 28.9. The molecule has 2 unspecified atom stereocenters. The van der Waals surface area contributed by atoms with E-state index in [0.717, 1.165) is 11.1 Å². The Kier molecular flexibility index (Phi) is 1.99. The highest BCUT2D eigenvalue weighted by atomic mass is 16.4. The molecule has 0 aromatic rings. The largest absolute Gasteiger partial charge is 0.478 e. The number of carbonyl (C=O) groups excluding carboxylic acids is 1. The molecule has 1 aliphatic carbocycles. The summed E-state index contributed by atoms with van der Waals surface area (Å²) in [5.41, 5.74) is -0.107. The van der Waals surface area contributed by atoms with E-state index in [1.54, 1.807) is 0 Å². The van der Waals surface area contributed by atoms with Crippen LogP contribution in [0.1, 0.15) is 12.8 Å². The van der Waals surface area contributed by atoms with E-state index in [9.17, 15) is 14.4 Å². The van der Waals surface area contributed by atoms with Crippen LogP contribution in [-0.4, -0.2) is 39.0 Å². The average Bonchev–Trinajstić information content (AvgIpc) is 2.66. The van der Waals surface area contributed by atoms with Crippen LogP contribution in [0.3, 0.4) is 0 Å². The topological polar surface area (TPSA) is 94.9 Å². The van der Waals surface area contributed by atoms with Crippen LogP contribution in [0.15, 0.2) is 11.8 Å². The summed E-state index contributed by atoms with van der Waals surface area (Å²) in [6, 6.07) is -0.513. The summed E-state index contributed by atoms with van der Waals surface area (Å²) < 4.78 is 0. The Labute approximate surface area is 84.8 Å². The maximum absolute atomic E-state index is 11.4. The van der Waals surface area contributed by atoms with Gasteiger partial charge >= 0.3 is 12.1 Å². The maximum atomic E-state index is 11.4. The van der Waals surface area contributed by atoms with Gasteiger partial charge in [0, 0.05) is 12.6 Å². The second kappa shape index (κ2) is 3.08. The summed E-state index contributed by atoms with van der Waals surface area (Å²) in [7, 11) is 0. The highest BCUT2D eigenvalue weighted by Gasteiger charge is 2.48. The third-order valence-corrected chi connectivity index (χ3v) is 2.86. The molecule has 0 aromatic carbocycles.